The molecule has 10 fully saturated rings. The van der Waals surface area contributed by atoms with E-state index in [2.05, 4.69) is 42.5 Å². The molecule has 0 N–H and O–H groups in total. The quantitative estimate of drug-likeness (QED) is 0.598. The van der Waals surface area contributed by atoms with Crippen LogP contribution in [0, 0.1) is 0 Å². The van der Waals surface area contributed by atoms with Gasteiger partial charge in [-0.1, -0.05) is 0 Å². The summed E-state index contributed by atoms with van der Waals surface area (Å²) in [6.45, 7) is -2.97. The molecule has 10 aliphatic heterocycles. The summed E-state index contributed by atoms with van der Waals surface area (Å²) in [4.78, 5) is 12.9. The third-order valence-corrected chi connectivity index (χ3v) is 59.2. The Morgan fingerprint density at radius 2 is 1.29 bits per heavy atom. The van der Waals surface area contributed by atoms with Crippen molar-refractivity contribution in [1.82, 2.24) is 0 Å². The van der Waals surface area contributed by atoms with Gasteiger partial charge in [0.1, 0.15) is 0 Å². The maximum absolute atomic E-state index is 2.97. The van der Waals surface area contributed by atoms with Crippen LogP contribution in [0.5, 0.6) is 0 Å². The standard InChI is InChI=1S/C15H11.C5H5.Fe/c1-2-7-12(6-1)15-11-5-9-13-8-3-4-10-14(13)15;1-2-4-5-3-1;/h1-11H;1-5H;. The van der Waals surface area contributed by atoms with Crippen LogP contribution in [0.4, 0.5) is 0 Å². The van der Waals surface area contributed by atoms with Gasteiger partial charge in [-0.05, 0) is 0 Å². The molecule has 2 aromatic rings. The molecular weight excluding hydrogens is 296 g/mol. The first-order valence-corrected chi connectivity index (χ1v) is 15.1. The molecule has 0 radical (unpaired) electrons. The van der Waals surface area contributed by atoms with E-state index in [1.54, 1.807) is 5.39 Å². The molecule has 21 heavy (non-hydrogen) atoms. The van der Waals surface area contributed by atoms with Crippen molar-refractivity contribution in [1.29, 1.82) is 0 Å². The van der Waals surface area contributed by atoms with E-state index in [1.165, 1.54) is 48.7 Å². The van der Waals surface area contributed by atoms with Crippen molar-refractivity contribution in [2.45, 2.75) is 47.7 Å². The zero-order valence-corrected chi connectivity index (χ0v) is 12.7. The van der Waals surface area contributed by atoms with Crippen LogP contribution in [0.25, 0.3) is 10.8 Å². The Labute approximate surface area is 113 Å². The molecule has 0 aliphatic carbocycles. The summed E-state index contributed by atoms with van der Waals surface area (Å²) in [5, 5.41) is 3.18. The van der Waals surface area contributed by atoms with Gasteiger partial charge in [-0.2, -0.15) is 0 Å². The third-order valence-electron chi connectivity index (χ3n) is 16.9. The first-order valence-electron chi connectivity index (χ1n) is 8.83. The summed E-state index contributed by atoms with van der Waals surface area (Å²) in [6.07, 6.45) is 0. The molecule has 0 nitrogen and oxygen atoms in total. The van der Waals surface area contributed by atoms with E-state index in [4.69, 9.17) is 0 Å². The van der Waals surface area contributed by atoms with Gasteiger partial charge < -0.3 is 0 Å². The Hall–Kier alpha value is -0.781. The van der Waals surface area contributed by atoms with Crippen molar-refractivity contribution in [2.75, 3.05) is 0 Å². The van der Waals surface area contributed by atoms with Crippen LogP contribution in [0.1, 0.15) is 5.56 Å². The van der Waals surface area contributed by atoms with E-state index in [0.717, 1.165) is 4.31 Å². The van der Waals surface area contributed by atoms with Crippen molar-refractivity contribution >= 4 is 10.8 Å². The van der Waals surface area contributed by atoms with Crippen molar-refractivity contribution in [2.24, 2.45) is 0 Å². The van der Waals surface area contributed by atoms with Gasteiger partial charge in [0.05, 0.1) is 0 Å². The van der Waals surface area contributed by atoms with Crippen LogP contribution in [0.15, 0.2) is 42.5 Å². The van der Waals surface area contributed by atoms with Gasteiger partial charge in [-0.3, -0.25) is 0 Å². The van der Waals surface area contributed by atoms with Gasteiger partial charge in [0.25, 0.3) is 0 Å². The summed E-state index contributed by atoms with van der Waals surface area (Å²) >= 11 is 0. The summed E-state index contributed by atoms with van der Waals surface area (Å²) in [5.74, 6) is 0. The molecule has 2 aromatic carbocycles. The Morgan fingerprint density at radius 3 is 1.86 bits per heavy atom. The third kappa shape index (κ3) is 0.0996. The van der Waals surface area contributed by atoms with Crippen LogP contribution in [0.2, 0.25) is 43.3 Å². The molecule has 0 amide bonds. The summed E-state index contributed by atoms with van der Waals surface area (Å²) in [6, 6.07) is 16.7. The van der Waals surface area contributed by atoms with Crippen molar-refractivity contribution in [3.63, 3.8) is 0 Å². The molecule has 4 unspecified atom stereocenters. The normalized spacial score (nSPS) is 98.8. The van der Waals surface area contributed by atoms with Gasteiger partial charge in [0.2, 0.25) is 0 Å². The van der Waals surface area contributed by atoms with Crippen LogP contribution in [-0.4, -0.2) is 0 Å². The van der Waals surface area contributed by atoms with Crippen molar-refractivity contribution in [3.8, 4) is 0 Å². The first-order chi connectivity index (χ1) is 10.1. The van der Waals surface area contributed by atoms with E-state index in [-0.39, 0.29) is 0 Å². The molecule has 10 aliphatic rings. The van der Waals surface area contributed by atoms with Crippen LogP contribution in [-0.2, 0) is 10.8 Å². The van der Waals surface area contributed by atoms with Gasteiger partial charge >= 0.3 is 113 Å². The summed E-state index contributed by atoms with van der Waals surface area (Å²) in [7, 11) is 0. The van der Waals surface area contributed by atoms with E-state index in [0.29, 0.717) is 0 Å². The van der Waals surface area contributed by atoms with Gasteiger partial charge in [0, 0.05) is 0 Å². The number of hydrogen-bond donors (Lipinski definition) is 0. The molecular formula is C20H16Fe. The number of hydrogen-bond acceptors (Lipinski definition) is 0. The SMILES string of the molecule is c1ccc2c([C]34[CH]5[CH]6[CH]7[CH]3[Fe]6754389%10[CH]4[CH]3[CH]8[CH]9[CH]4%10)cccc2c1. The molecule has 104 valence electrons. The van der Waals surface area contributed by atoms with Crippen LogP contribution < -0.4 is 0 Å². The van der Waals surface area contributed by atoms with Crippen LogP contribution >= 0.6 is 0 Å². The van der Waals surface area contributed by atoms with Gasteiger partial charge in [-0.25, -0.2) is 0 Å². The Morgan fingerprint density at radius 1 is 0.667 bits per heavy atom. The van der Waals surface area contributed by atoms with Crippen molar-refractivity contribution in [3.05, 3.63) is 48.0 Å². The van der Waals surface area contributed by atoms with Gasteiger partial charge in [-0.15, -0.1) is 0 Å². The second kappa shape index (κ2) is 0.734. The molecule has 10 heterocycles. The summed E-state index contributed by atoms with van der Waals surface area (Å²) in [5.41, 5.74) is 1.91. The number of benzene rings is 2. The Kier molecular flexibility index (Phi) is 0.268. The molecule has 0 bridgehead atoms. The number of fused-ring (bicyclic) bond motifs is 11. The first kappa shape index (κ1) is 7.66. The average molecular weight is 312 g/mol. The van der Waals surface area contributed by atoms with E-state index < -0.39 is 6.51 Å². The Bertz CT molecular complexity index is 1330. The molecule has 4 atom stereocenters. The molecule has 0 saturated carbocycles. The van der Waals surface area contributed by atoms with Gasteiger partial charge in [0.15, 0.2) is 0 Å². The predicted octanol–water partition coefficient (Wildman–Crippen LogP) is 5.64. The molecule has 12 rings (SSSR count). The van der Waals surface area contributed by atoms with E-state index in [1.807, 2.05) is 5.56 Å². The minimum absolute atomic E-state index is 0.917. The minimum atomic E-state index is -2.97. The van der Waals surface area contributed by atoms with E-state index >= 15 is 0 Å². The molecule has 1 spiro atoms. The van der Waals surface area contributed by atoms with Crippen LogP contribution in [0.3, 0.4) is 0 Å². The maximum atomic E-state index is 2.60. The summed E-state index contributed by atoms with van der Waals surface area (Å²) < 4.78 is 0.917. The molecule has 1 heteroatoms. The topological polar surface area (TPSA) is 0 Å². The predicted molar refractivity (Wildman–Crippen MR) is 79.4 cm³/mol. The zero-order valence-electron chi connectivity index (χ0n) is 11.6. The second-order valence-electron chi connectivity index (χ2n) is 12.2. The second-order valence-corrected chi connectivity index (χ2v) is 35.8. The monoisotopic (exact) mass is 312 g/mol. The molecule has 0 aromatic heterocycles. The Balaban J connectivity index is 1.48. The fraction of sp³-hybridized carbons (Fsp3) is 0.500. The molecule has 10 saturated heterocycles. The zero-order chi connectivity index (χ0) is 12.7. The van der Waals surface area contributed by atoms with E-state index in [9.17, 15) is 0 Å². The average Bonchev–Trinajstić information content (AvgIpc) is 3.47. The number of rotatable bonds is 1. The fourth-order valence-electron chi connectivity index (χ4n) is 18.5. The fourth-order valence-corrected chi connectivity index (χ4v) is 92.7. The van der Waals surface area contributed by atoms with Crippen molar-refractivity contribution < 1.29 is 6.51 Å².